The predicted molar refractivity (Wildman–Crippen MR) is 107 cm³/mol. The number of sulfonamides is 1. The van der Waals surface area contributed by atoms with E-state index in [2.05, 4.69) is 10.6 Å². The lowest BCUT2D eigenvalue weighted by atomic mass is 10.3. The van der Waals surface area contributed by atoms with E-state index in [1.807, 2.05) is 0 Å². The van der Waals surface area contributed by atoms with Crippen LogP contribution in [0.3, 0.4) is 0 Å². The minimum absolute atomic E-state index is 0.0550. The molecule has 1 saturated heterocycles. The number of hydrogen-bond donors (Lipinski definition) is 2. The lowest BCUT2D eigenvalue weighted by molar-refractivity contribution is -0.120. The predicted octanol–water partition coefficient (Wildman–Crippen LogP) is 2.74. The number of urea groups is 1. The molecule has 1 heterocycles. The van der Waals surface area contributed by atoms with Gasteiger partial charge in [-0.25, -0.2) is 13.2 Å². The molecule has 154 valence electrons. The van der Waals surface area contributed by atoms with Gasteiger partial charge in [0.25, 0.3) is 5.91 Å². The Morgan fingerprint density at radius 3 is 2.07 bits per heavy atom. The number of imide groups is 1. The van der Waals surface area contributed by atoms with Crippen LogP contribution in [-0.4, -0.2) is 43.3 Å². The van der Waals surface area contributed by atoms with Crippen molar-refractivity contribution in [3.8, 4) is 11.5 Å². The van der Waals surface area contributed by atoms with E-state index in [4.69, 9.17) is 16.3 Å². The molecule has 0 aliphatic carbocycles. The standard InChI is InChI=1S/C19H20ClN3O5S/c1-12(2)23(11-17-18(24)22-19(25)21-17)29(26,27)16-9-7-15(8-10-16)28-14-5-3-13(20)4-6-14/h3-10,12,17H,11H2,1-2H3,(H2,21,22,24,25)/t17-/m0/s1. The number of carbonyl (C=O) groups excluding carboxylic acids is 2. The molecule has 1 fully saturated rings. The molecule has 1 atom stereocenters. The molecule has 0 saturated carbocycles. The third kappa shape index (κ3) is 4.87. The Bertz CT molecular complexity index is 1010. The number of amides is 3. The third-order valence-corrected chi connectivity index (χ3v) is 6.58. The summed E-state index contributed by atoms with van der Waals surface area (Å²) in [4.78, 5) is 23.2. The molecule has 1 aliphatic heterocycles. The fraction of sp³-hybridized carbons (Fsp3) is 0.263. The molecular weight excluding hydrogens is 418 g/mol. The summed E-state index contributed by atoms with van der Waals surface area (Å²) in [5, 5.41) is 5.10. The molecule has 0 spiro atoms. The summed E-state index contributed by atoms with van der Waals surface area (Å²) in [5.74, 6) is 0.476. The first-order valence-electron chi connectivity index (χ1n) is 8.83. The van der Waals surface area contributed by atoms with Gasteiger partial charge in [-0.05, 0) is 62.4 Å². The van der Waals surface area contributed by atoms with Gasteiger partial charge in [-0.3, -0.25) is 10.1 Å². The molecule has 3 rings (SSSR count). The van der Waals surface area contributed by atoms with Crippen molar-refractivity contribution >= 4 is 33.6 Å². The molecule has 0 radical (unpaired) electrons. The molecule has 1 aliphatic rings. The van der Waals surface area contributed by atoms with Crippen molar-refractivity contribution in [1.29, 1.82) is 0 Å². The largest absolute Gasteiger partial charge is 0.457 e. The van der Waals surface area contributed by atoms with Gasteiger partial charge in [-0.2, -0.15) is 4.31 Å². The summed E-state index contributed by atoms with van der Waals surface area (Å²) in [6.07, 6.45) is 0. The number of hydrogen-bond acceptors (Lipinski definition) is 5. The molecule has 0 bridgehead atoms. The zero-order valence-electron chi connectivity index (χ0n) is 15.8. The van der Waals surface area contributed by atoms with Gasteiger partial charge in [0.05, 0.1) is 4.90 Å². The third-order valence-electron chi connectivity index (χ3n) is 4.28. The number of nitrogens with zero attached hydrogens (tertiary/aromatic N) is 1. The van der Waals surface area contributed by atoms with Crippen LogP contribution in [0.5, 0.6) is 11.5 Å². The maximum absolute atomic E-state index is 13.1. The quantitative estimate of drug-likeness (QED) is 0.648. The molecular formula is C19H20ClN3O5S. The first-order chi connectivity index (χ1) is 13.7. The Balaban J connectivity index is 1.78. The highest BCUT2D eigenvalue weighted by molar-refractivity contribution is 7.89. The number of ether oxygens (including phenoxy) is 1. The van der Waals surface area contributed by atoms with E-state index in [-0.39, 0.29) is 11.4 Å². The maximum Gasteiger partial charge on any atom is 0.322 e. The SMILES string of the molecule is CC(C)N(C[C@@H]1NC(=O)NC1=O)S(=O)(=O)c1ccc(Oc2ccc(Cl)cc2)cc1. The summed E-state index contributed by atoms with van der Waals surface area (Å²) in [7, 11) is -3.89. The molecule has 2 N–H and O–H groups in total. The van der Waals surface area contributed by atoms with Crippen molar-refractivity contribution in [2.45, 2.75) is 30.8 Å². The average molecular weight is 438 g/mol. The van der Waals surface area contributed by atoms with Gasteiger partial charge in [0.2, 0.25) is 10.0 Å². The minimum atomic E-state index is -3.89. The van der Waals surface area contributed by atoms with Gasteiger partial charge in [-0.1, -0.05) is 11.6 Å². The van der Waals surface area contributed by atoms with Crippen LogP contribution in [0.1, 0.15) is 13.8 Å². The first-order valence-corrected chi connectivity index (χ1v) is 10.7. The van der Waals surface area contributed by atoms with Crippen LogP contribution >= 0.6 is 11.6 Å². The average Bonchev–Trinajstić information content (AvgIpc) is 2.98. The highest BCUT2D eigenvalue weighted by Gasteiger charge is 2.36. The molecule has 10 heteroatoms. The summed E-state index contributed by atoms with van der Waals surface area (Å²) in [6.45, 7) is 3.23. The van der Waals surface area contributed by atoms with E-state index < -0.39 is 34.0 Å². The van der Waals surface area contributed by atoms with E-state index in [1.54, 1.807) is 50.2 Å². The first kappa shape index (κ1) is 21.1. The Morgan fingerprint density at radius 2 is 1.59 bits per heavy atom. The van der Waals surface area contributed by atoms with Crippen molar-refractivity contribution in [1.82, 2.24) is 14.9 Å². The second-order valence-electron chi connectivity index (χ2n) is 6.71. The number of benzene rings is 2. The number of halogens is 1. The van der Waals surface area contributed by atoms with Crippen molar-refractivity contribution in [2.75, 3.05) is 6.54 Å². The monoisotopic (exact) mass is 437 g/mol. The Hall–Kier alpha value is -2.62. The van der Waals surface area contributed by atoms with Crippen LogP contribution in [0, 0.1) is 0 Å². The van der Waals surface area contributed by atoms with Gasteiger partial charge in [0, 0.05) is 17.6 Å². The normalized spacial score (nSPS) is 16.8. The molecule has 2 aromatic rings. The summed E-state index contributed by atoms with van der Waals surface area (Å²) in [6, 6.07) is 10.7. The van der Waals surface area contributed by atoms with Gasteiger partial charge < -0.3 is 10.1 Å². The number of rotatable bonds is 7. The molecule has 8 nitrogen and oxygen atoms in total. The smallest absolute Gasteiger partial charge is 0.322 e. The van der Waals surface area contributed by atoms with Crippen molar-refractivity contribution in [3.05, 3.63) is 53.6 Å². The molecule has 29 heavy (non-hydrogen) atoms. The van der Waals surface area contributed by atoms with Crippen molar-refractivity contribution in [3.63, 3.8) is 0 Å². The maximum atomic E-state index is 13.1. The zero-order chi connectivity index (χ0) is 21.2. The molecule has 0 aromatic heterocycles. The lowest BCUT2D eigenvalue weighted by Crippen LogP contribution is -2.47. The summed E-state index contributed by atoms with van der Waals surface area (Å²) < 4.78 is 33.0. The van der Waals surface area contributed by atoms with E-state index in [9.17, 15) is 18.0 Å². The van der Waals surface area contributed by atoms with E-state index in [1.165, 1.54) is 16.4 Å². The molecule has 2 aromatic carbocycles. The lowest BCUT2D eigenvalue weighted by Gasteiger charge is -2.27. The van der Waals surface area contributed by atoms with E-state index >= 15 is 0 Å². The summed E-state index contributed by atoms with van der Waals surface area (Å²) >= 11 is 5.84. The van der Waals surface area contributed by atoms with Crippen LogP contribution in [0.15, 0.2) is 53.4 Å². The Kier molecular flexibility index (Phi) is 6.11. The van der Waals surface area contributed by atoms with Crippen molar-refractivity contribution < 1.29 is 22.7 Å². The fourth-order valence-electron chi connectivity index (χ4n) is 2.81. The zero-order valence-corrected chi connectivity index (χ0v) is 17.3. The van der Waals surface area contributed by atoms with Crippen LogP contribution < -0.4 is 15.4 Å². The van der Waals surface area contributed by atoms with Crippen molar-refractivity contribution in [2.24, 2.45) is 0 Å². The van der Waals surface area contributed by atoms with Crippen LogP contribution in [0.25, 0.3) is 0 Å². The molecule has 0 unspecified atom stereocenters. The van der Waals surface area contributed by atoms with Crippen LogP contribution in [0.4, 0.5) is 4.79 Å². The Morgan fingerprint density at radius 1 is 1.03 bits per heavy atom. The highest BCUT2D eigenvalue weighted by Crippen LogP contribution is 2.26. The molecule has 3 amide bonds. The van der Waals surface area contributed by atoms with E-state index in [0.29, 0.717) is 16.5 Å². The fourth-order valence-corrected chi connectivity index (χ4v) is 4.58. The van der Waals surface area contributed by atoms with Gasteiger partial charge in [-0.15, -0.1) is 0 Å². The van der Waals surface area contributed by atoms with Crippen LogP contribution in [0.2, 0.25) is 5.02 Å². The Labute approximate surface area is 173 Å². The van der Waals surface area contributed by atoms with E-state index in [0.717, 1.165) is 0 Å². The topological polar surface area (TPSA) is 105 Å². The second-order valence-corrected chi connectivity index (χ2v) is 9.04. The van der Waals surface area contributed by atoms with Gasteiger partial charge in [0.1, 0.15) is 17.5 Å². The number of carbonyl (C=O) groups is 2. The van der Waals surface area contributed by atoms with Gasteiger partial charge >= 0.3 is 6.03 Å². The minimum Gasteiger partial charge on any atom is -0.457 e. The number of nitrogens with one attached hydrogen (secondary N) is 2. The summed E-state index contributed by atoms with van der Waals surface area (Å²) in [5.41, 5.74) is 0. The highest BCUT2D eigenvalue weighted by atomic mass is 35.5. The van der Waals surface area contributed by atoms with Crippen LogP contribution in [-0.2, 0) is 14.8 Å². The second kappa shape index (κ2) is 8.40. The van der Waals surface area contributed by atoms with Gasteiger partial charge in [0.15, 0.2) is 0 Å².